The van der Waals surface area contributed by atoms with Crippen LogP contribution in [0, 0.1) is 5.92 Å². The molecule has 1 unspecified atom stereocenters. The lowest BCUT2D eigenvalue weighted by Gasteiger charge is -2.36. The second-order valence-electron chi connectivity index (χ2n) is 10.9. The Hall–Kier alpha value is -2.62. The van der Waals surface area contributed by atoms with Crippen molar-refractivity contribution in [3.63, 3.8) is 0 Å². The van der Waals surface area contributed by atoms with Crippen LogP contribution in [0.4, 0.5) is 10.6 Å². The van der Waals surface area contributed by atoms with Gasteiger partial charge in [0.05, 0.1) is 18.0 Å². The van der Waals surface area contributed by atoms with Crippen LogP contribution in [-0.2, 0) is 11.2 Å². The fraction of sp³-hybridized carbons (Fsp3) is 0.760. The maximum Gasteiger partial charge on any atom is 0.410 e. The maximum atomic E-state index is 12.4. The van der Waals surface area contributed by atoms with E-state index in [1.165, 1.54) is 0 Å². The van der Waals surface area contributed by atoms with Crippen LogP contribution in [0.5, 0.6) is 6.01 Å². The molecule has 2 aromatic rings. The van der Waals surface area contributed by atoms with Crippen molar-refractivity contribution < 1.29 is 14.3 Å². The van der Waals surface area contributed by atoms with E-state index < -0.39 is 5.60 Å². The molecule has 1 fully saturated rings. The number of hydrogen-bond donors (Lipinski definition) is 1. The Labute approximate surface area is 209 Å². The molecule has 1 saturated heterocycles. The quantitative estimate of drug-likeness (QED) is 0.566. The summed E-state index contributed by atoms with van der Waals surface area (Å²) in [6, 6.07) is 0.376. The average molecular weight is 490 g/mol. The van der Waals surface area contributed by atoms with Gasteiger partial charge < -0.3 is 25.0 Å². The van der Waals surface area contributed by atoms with Gasteiger partial charge in [-0.1, -0.05) is 13.3 Å². The first-order chi connectivity index (χ1) is 16.5. The minimum Gasteiger partial charge on any atom is -0.459 e. The Morgan fingerprint density at radius 2 is 1.97 bits per heavy atom. The van der Waals surface area contributed by atoms with Gasteiger partial charge in [0.25, 0.3) is 0 Å². The number of imidazole rings is 1. The highest BCUT2D eigenvalue weighted by Crippen LogP contribution is 2.24. The molecule has 1 aliphatic heterocycles. The summed E-state index contributed by atoms with van der Waals surface area (Å²) in [5, 5.41) is 4.58. The second kappa shape index (κ2) is 11.4. The molecule has 0 spiro atoms. The number of anilines is 1. The monoisotopic (exact) mass is 489 g/mol. The van der Waals surface area contributed by atoms with E-state index in [1.54, 1.807) is 9.42 Å². The number of carbonyl (C=O) groups excluding carboxylic acids is 1. The summed E-state index contributed by atoms with van der Waals surface area (Å²) in [6.07, 6.45) is 6.60. The third-order valence-electron chi connectivity index (χ3n) is 6.51. The number of likely N-dealkylation sites (N-methyl/N-ethyl adjacent to an activating group) is 1. The molecule has 2 N–H and O–H groups in total. The largest absolute Gasteiger partial charge is 0.459 e. The third-order valence-corrected chi connectivity index (χ3v) is 6.51. The normalized spacial score (nSPS) is 17.3. The molecule has 3 heterocycles. The zero-order valence-corrected chi connectivity index (χ0v) is 22.5. The molecule has 10 nitrogen and oxygen atoms in total. The molecule has 3 rings (SSSR count). The molecule has 0 bridgehead atoms. The van der Waals surface area contributed by atoms with Crippen LogP contribution in [0.25, 0.3) is 5.65 Å². The fourth-order valence-corrected chi connectivity index (χ4v) is 4.44. The maximum absolute atomic E-state index is 12.4. The molecule has 0 radical (unpaired) electrons. The van der Waals surface area contributed by atoms with Gasteiger partial charge in [0.15, 0.2) is 11.5 Å². The molecule has 1 aliphatic rings. The number of ether oxygens (including phenoxy) is 2. The lowest BCUT2D eigenvalue weighted by atomic mass is 9.92. The Bertz CT molecular complexity index is 979. The minimum atomic E-state index is -0.489. The highest BCUT2D eigenvalue weighted by atomic mass is 16.6. The van der Waals surface area contributed by atoms with Crippen molar-refractivity contribution in [1.29, 1.82) is 0 Å². The lowest BCUT2D eigenvalue weighted by Crippen LogP contribution is -2.47. The zero-order valence-electron chi connectivity index (χ0n) is 22.5. The molecule has 10 heteroatoms. The first kappa shape index (κ1) is 27.0. The number of nitrogen functional groups attached to an aromatic ring is 1. The van der Waals surface area contributed by atoms with Crippen LogP contribution in [0.15, 0.2) is 6.20 Å². The number of likely N-dealkylation sites (tertiary alicyclic amines) is 1. The molecular formula is C25H43N7O3. The van der Waals surface area contributed by atoms with Gasteiger partial charge >= 0.3 is 12.1 Å². The Morgan fingerprint density at radius 1 is 1.29 bits per heavy atom. The summed E-state index contributed by atoms with van der Waals surface area (Å²) in [4.78, 5) is 25.2. The van der Waals surface area contributed by atoms with E-state index in [4.69, 9.17) is 15.2 Å². The summed E-state index contributed by atoms with van der Waals surface area (Å²) in [5.74, 6) is 0.868. The minimum absolute atomic E-state index is 0.0323. The number of piperidine rings is 1. The van der Waals surface area contributed by atoms with Crippen molar-refractivity contribution in [1.82, 2.24) is 29.4 Å². The average Bonchev–Trinajstić information content (AvgIpc) is 3.16. The Morgan fingerprint density at radius 3 is 2.60 bits per heavy atom. The van der Waals surface area contributed by atoms with E-state index in [-0.39, 0.29) is 18.2 Å². The zero-order chi connectivity index (χ0) is 25.8. The topological polar surface area (TPSA) is 111 Å². The van der Waals surface area contributed by atoms with Gasteiger partial charge in [-0.05, 0) is 79.3 Å². The van der Waals surface area contributed by atoms with Gasteiger partial charge in [-0.2, -0.15) is 4.98 Å². The van der Waals surface area contributed by atoms with E-state index in [0.29, 0.717) is 23.4 Å². The number of fused-ring (bicyclic) bond motifs is 1. The van der Waals surface area contributed by atoms with Gasteiger partial charge in [-0.3, -0.25) is 0 Å². The fourth-order valence-electron chi connectivity index (χ4n) is 4.44. The van der Waals surface area contributed by atoms with Gasteiger partial charge in [0.1, 0.15) is 5.60 Å². The molecule has 35 heavy (non-hydrogen) atoms. The third kappa shape index (κ3) is 7.43. The molecule has 196 valence electrons. The number of nitrogens with two attached hydrogens (primary N) is 1. The molecule has 2 aromatic heterocycles. The van der Waals surface area contributed by atoms with E-state index >= 15 is 0 Å². The van der Waals surface area contributed by atoms with Crippen LogP contribution in [-0.4, -0.2) is 79.9 Å². The summed E-state index contributed by atoms with van der Waals surface area (Å²) in [5.41, 5.74) is 7.25. The summed E-state index contributed by atoms with van der Waals surface area (Å²) in [6.45, 7) is 14.7. The van der Waals surface area contributed by atoms with Crippen LogP contribution >= 0.6 is 0 Å². The van der Waals surface area contributed by atoms with Crippen LogP contribution in [0.2, 0.25) is 0 Å². The number of aromatic nitrogens is 4. The summed E-state index contributed by atoms with van der Waals surface area (Å²) in [7, 11) is 1.81. The second-order valence-corrected chi connectivity index (χ2v) is 10.9. The number of rotatable bonds is 9. The number of hydrogen-bond acceptors (Lipinski definition) is 8. The summed E-state index contributed by atoms with van der Waals surface area (Å²) >= 11 is 0. The number of nitrogens with zero attached hydrogens (tertiary/aromatic N) is 6. The van der Waals surface area contributed by atoms with Crippen molar-refractivity contribution in [2.75, 3.05) is 32.4 Å². The molecule has 0 aromatic carbocycles. The van der Waals surface area contributed by atoms with Gasteiger partial charge in [0.2, 0.25) is 0 Å². The van der Waals surface area contributed by atoms with E-state index in [9.17, 15) is 4.79 Å². The summed E-state index contributed by atoms with van der Waals surface area (Å²) < 4.78 is 13.2. The molecule has 1 amide bonds. The predicted molar refractivity (Wildman–Crippen MR) is 137 cm³/mol. The first-order valence-corrected chi connectivity index (χ1v) is 12.8. The van der Waals surface area contributed by atoms with Gasteiger partial charge in [-0.15, -0.1) is 5.10 Å². The molecule has 0 saturated carbocycles. The van der Waals surface area contributed by atoms with Crippen molar-refractivity contribution in [3.8, 4) is 6.01 Å². The van der Waals surface area contributed by atoms with Gasteiger partial charge in [0, 0.05) is 19.6 Å². The lowest BCUT2D eigenvalue weighted by molar-refractivity contribution is 0.0192. The van der Waals surface area contributed by atoms with Crippen molar-refractivity contribution in [2.24, 2.45) is 5.92 Å². The number of carbonyl (C=O) groups is 1. The van der Waals surface area contributed by atoms with Gasteiger partial charge in [-0.25, -0.2) is 14.3 Å². The standard InChI is InChI=1S/C25H43N7O3/c1-8-9-18(3)34-23-28-21(26)22-27-15-20(32(22)29-23)14-19-10-12-31(13-11-19)16-17(2)30(7)24(33)35-25(4,5)6/h15,17-19H,8-14,16H2,1-7H3,(H2,26,28,29)/t17?,18-/m0/s1. The molecule has 0 aliphatic carbocycles. The van der Waals surface area contributed by atoms with Crippen molar-refractivity contribution in [3.05, 3.63) is 11.9 Å². The van der Waals surface area contributed by atoms with Crippen LogP contribution < -0.4 is 10.5 Å². The van der Waals surface area contributed by atoms with E-state index in [0.717, 1.165) is 57.4 Å². The van der Waals surface area contributed by atoms with Crippen LogP contribution in [0.3, 0.4) is 0 Å². The highest BCUT2D eigenvalue weighted by molar-refractivity contribution is 5.68. The van der Waals surface area contributed by atoms with E-state index in [1.807, 2.05) is 40.9 Å². The van der Waals surface area contributed by atoms with Crippen molar-refractivity contribution >= 4 is 17.6 Å². The molecule has 2 atom stereocenters. The highest BCUT2D eigenvalue weighted by Gasteiger charge is 2.27. The first-order valence-electron chi connectivity index (χ1n) is 12.8. The molecular weight excluding hydrogens is 446 g/mol. The van der Waals surface area contributed by atoms with Crippen LogP contribution in [0.1, 0.15) is 72.9 Å². The SMILES string of the molecule is CCC[C@H](C)Oc1nc(N)c2ncc(CC3CCN(CC(C)N(C)C(=O)OC(C)(C)C)CC3)n2n1. The van der Waals surface area contributed by atoms with E-state index in [2.05, 4.69) is 33.8 Å². The smallest absolute Gasteiger partial charge is 0.410 e. The Kier molecular flexibility index (Phi) is 8.79. The van der Waals surface area contributed by atoms with Crippen molar-refractivity contribution in [2.45, 2.75) is 91.4 Å². The predicted octanol–water partition coefficient (Wildman–Crippen LogP) is 3.78. The number of amides is 1. The Balaban J connectivity index is 1.55.